The SMILES string of the molecule is Br.CC(C)[N-]C(C)C.CC(C)[N-]C(C)C.[Nd]. The van der Waals surface area contributed by atoms with Crippen molar-refractivity contribution in [2.45, 2.75) is 79.6 Å². The van der Waals surface area contributed by atoms with Crippen LogP contribution in [0.3, 0.4) is 0 Å². The molecule has 4 heteroatoms. The summed E-state index contributed by atoms with van der Waals surface area (Å²) in [5.74, 6) is 0. The van der Waals surface area contributed by atoms with Crippen LogP contribution in [-0.2, 0) is 0 Å². The van der Waals surface area contributed by atoms with Crippen LogP contribution in [0.2, 0.25) is 0 Å². The third kappa shape index (κ3) is 36.0. The van der Waals surface area contributed by atoms with E-state index in [2.05, 4.69) is 66.0 Å². The minimum Gasteiger partial charge on any atom is -0.658 e. The minimum atomic E-state index is 0. The first kappa shape index (κ1) is 26.3. The van der Waals surface area contributed by atoms with Crippen molar-refractivity contribution in [3.63, 3.8) is 0 Å². The maximum absolute atomic E-state index is 4.28. The third-order valence-corrected chi connectivity index (χ3v) is 1.19. The number of rotatable bonds is 4. The zero-order valence-corrected chi connectivity index (χ0v) is 17.0. The zero-order chi connectivity index (χ0) is 11.7. The monoisotopic (exact) mass is 422 g/mol. The van der Waals surface area contributed by atoms with E-state index >= 15 is 0 Å². The van der Waals surface area contributed by atoms with Gasteiger partial charge in [0.05, 0.1) is 0 Å². The van der Waals surface area contributed by atoms with Gasteiger partial charge < -0.3 is 10.6 Å². The first-order valence-corrected chi connectivity index (χ1v) is 5.65. The van der Waals surface area contributed by atoms with Crippen molar-refractivity contribution < 1.29 is 40.8 Å². The Balaban J connectivity index is -0.0000000800. The molecule has 0 saturated heterocycles. The topological polar surface area (TPSA) is 28.2 Å². The summed E-state index contributed by atoms with van der Waals surface area (Å²) in [6.45, 7) is 16.8. The fraction of sp³-hybridized carbons (Fsp3) is 1.00. The predicted octanol–water partition coefficient (Wildman–Crippen LogP) is 4.93. The Bertz CT molecular complexity index is 91.6. The molecule has 0 heterocycles. The number of hydrogen-bond donors (Lipinski definition) is 0. The second-order valence-electron chi connectivity index (χ2n) is 4.67. The summed E-state index contributed by atoms with van der Waals surface area (Å²) < 4.78 is 0. The fourth-order valence-electron chi connectivity index (χ4n) is 1.19. The first-order valence-electron chi connectivity index (χ1n) is 5.65. The average molecular weight is 426 g/mol. The number of halogens is 1. The standard InChI is InChI=1S/2C6H14N.BrH.Nd/c2*1-5(2)7-6(3)4;;/h2*5-6H,1-4H3;1H;/q2*-1;;. The third-order valence-electron chi connectivity index (χ3n) is 1.19. The van der Waals surface area contributed by atoms with Crippen molar-refractivity contribution in [2.24, 2.45) is 0 Å². The molecular weight excluding hydrogens is 396 g/mol. The van der Waals surface area contributed by atoms with Gasteiger partial charge in [-0.1, -0.05) is 55.4 Å². The molecule has 0 bridgehead atoms. The summed E-state index contributed by atoms with van der Waals surface area (Å²) in [7, 11) is 0. The van der Waals surface area contributed by atoms with Crippen LogP contribution in [0.15, 0.2) is 0 Å². The summed E-state index contributed by atoms with van der Waals surface area (Å²) in [4.78, 5) is 0. The average Bonchev–Trinajstić information content (AvgIpc) is 1.79. The molecule has 0 unspecified atom stereocenters. The summed E-state index contributed by atoms with van der Waals surface area (Å²) in [5.41, 5.74) is 0. The molecule has 100 valence electrons. The Kier molecular flexibility index (Phi) is 27.6. The van der Waals surface area contributed by atoms with Crippen LogP contribution >= 0.6 is 17.0 Å². The molecule has 0 saturated carbocycles. The molecule has 16 heavy (non-hydrogen) atoms. The van der Waals surface area contributed by atoms with Gasteiger partial charge in [0.25, 0.3) is 0 Å². The van der Waals surface area contributed by atoms with Crippen molar-refractivity contribution in [2.75, 3.05) is 0 Å². The fourth-order valence-corrected chi connectivity index (χ4v) is 1.19. The summed E-state index contributed by atoms with van der Waals surface area (Å²) in [5, 5.41) is 8.56. The smallest absolute Gasteiger partial charge is 0 e. The van der Waals surface area contributed by atoms with Crippen molar-refractivity contribution in [1.82, 2.24) is 0 Å². The van der Waals surface area contributed by atoms with Crippen LogP contribution in [0.1, 0.15) is 55.4 Å². The van der Waals surface area contributed by atoms with Crippen LogP contribution in [-0.4, -0.2) is 24.2 Å². The molecule has 0 radical (unpaired) electrons. The zero-order valence-electron chi connectivity index (χ0n) is 12.1. The molecule has 0 fully saturated rings. The van der Waals surface area contributed by atoms with Crippen molar-refractivity contribution >= 4 is 17.0 Å². The Morgan fingerprint density at radius 2 is 0.625 bits per heavy atom. The van der Waals surface area contributed by atoms with Crippen molar-refractivity contribution in [3.05, 3.63) is 10.6 Å². The Morgan fingerprint density at radius 3 is 0.625 bits per heavy atom. The van der Waals surface area contributed by atoms with Crippen LogP contribution in [0.25, 0.3) is 10.6 Å². The molecular formula is C12H29BrN2Nd-2. The minimum absolute atomic E-state index is 0. The molecule has 0 aliphatic heterocycles. The molecule has 0 aromatic carbocycles. The molecule has 2 nitrogen and oxygen atoms in total. The predicted molar refractivity (Wildman–Crippen MR) is 77.6 cm³/mol. The van der Waals surface area contributed by atoms with E-state index in [1.807, 2.05) is 0 Å². The number of nitrogens with zero attached hydrogens (tertiary/aromatic N) is 2. The summed E-state index contributed by atoms with van der Waals surface area (Å²) in [6, 6.07) is 2.00. The normalized spacial score (nSPS) is 9.75. The Labute approximate surface area is 146 Å². The Hall–Kier alpha value is 1.75. The summed E-state index contributed by atoms with van der Waals surface area (Å²) in [6.07, 6.45) is 0. The van der Waals surface area contributed by atoms with Gasteiger partial charge in [-0.3, -0.25) is 0 Å². The molecule has 0 aromatic rings. The van der Waals surface area contributed by atoms with Gasteiger partial charge in [-0.25, -0.2) is 0 Å². The van der Waals surface area contributed by atoms with E-state index in [4.69, 9.17) is 0 Å². The molecule has 0 aliphatic carbocycles. The van der Waals surface area contributed by atoms with Gasteiger partial charge in [0.1, 0.15) is 0 Å². The van der Waals surface area contributed by atoms with E-state index in [1.54, 1.807) is 0 Å². The van der Waals surface area contributed by atoms with Gasteiger partial charge in [-0.15, -0.1) is 41.1 Å². The molecule has 0 aromatic heterocycles. The summed E-state index contributed by atoms with van der Waals surface area (Å²) >= 11 is 0. The molecule has 0 atom stereocenters. The van der Waals surface area contributed by atoms with E-state index in [0.717, 1.165) is 0 Å². The van der Waals surface area contributed by atoms with E-state index in [0.29, 0.717) is 24.2 Å². The number of hydrogen-bond acceptors (Lipinski definition) is 0. The van der Waals surface area contributed by atoms with Crippen LogP contribution in [0.4, 0.5) is 0 Å². The van der Waals surface area contributed by atoms with Gasteiger partial charge >= 0.3 is 0 Å². The van der Waals surface area contributed by atoms with Gasteiger partial charge in [0.2, 0.25) is 0 Å². The molecule has 0 N–H and O–H groups in total. The quantitative estimate of drug-likeness (QED) is 0.611. The van der Waals surface area contributed by atoms with E-state index in [9.17, 15) is 0 Å². The van der Waals surface area contributed by atoms with Crippen LogP contribution in [0.5, 0.6) is 0 Å². The van der Waals surface area contributed by atoms with Crippen molar-refractivity contribution in [1.29, 1.82) is 0 Å². The van der Waals surface area contributed by atoms with Crippen molar-refractivity contribution in [3.8, 4) is 0 Å². The first-order chi connectivity index (χ1) is 6.25. The maximum Gasteiger partial charge on any atom is 0 e. The molecule has 0 rings (SSSR count). The van der Waals surface area contributed by atoms with Crippen LogP contribution in [0, 0.1) is 40.8 Å². The van der Waals surface area contributed by atoms with E-state index in [1.165, 1.54) is 0 Å². The van der Waals surface area contributed by atoms with Gasteiger partial charge in [0.15, 0.2) is 0 Å². The van der Waals surface area contributed by atoms with E-state index in [-0.39, 0.29) is 57.8 Å². The molecule has 0 spiro atoms. The van der Waals surface area contributed by atoms with Gasteiger partial charge in [-0.05, 0) is 0 Å². The van der Waals surface area contributed by atoms with Gasteiger partial charge in [-0.2, -0.15) is 0 Å². The van der Waals surface area contributed by atoms with E-state index < -0.39 is 0 Å². The second kappa shape index (κ2) is 16.8. The van der Waals surface area contributed by atoms with Gasteiger partial charge in [0, 0.05) is 40.8 Å². The van der Waals surface area contributed by atoms with Crippen LogP contribution < -0.4 is 0 Å². The Morgan fingerprint density at radius 1 is 0.500 bits per heavy atom. The molecule has 0 aliphatic rings. The molecule has 0 amide bonds. The maximum atomic E-state index is 4.28. The second-order valence-corrected chi connectivity index (χ2v) is 4.67. The largest absolute Gasteiger partial charge is 0.658 e.